The molecule has 1 aromatic carbocycles. The number of pyridine rings is 1. The molecule has 0 saturated carbocycles. The van der Waals surface area contributed by atoms with Crippen LogP contribution in [0.25, 0.3) is 0 Å². The molecule has 2 heterocycles. The summed E-state index contributed by atoms with van der Waals surface area (Å²) in [5, 5.41) is 9.33. The maximum absolute atomic E-state index is 13.1. The molecule has 33 heavy (non-hydrogen) atoms. The lowest BCUT2D eigenvalue weighted by Gasteiger charge is -2.44. The van der Waals surface area contributed by atoms with Gasteiger partial charge in [0.15, 0.2) is 0 Å². The van der Waals surface area contributed by atoms with Crippen LogP contribution in [-0.2, 0) is 11.0 Å². The molecule has 3 rings (SSSR count). The van der Waals surface area contributed by atoms with Crippen molar-refractivity contribution < 1.29 is 23.1 Å². The van der Waals surface area contributed by atoms with Crippen molar-refractivity contribution in [2.75, 3.05) is 6.54 Å². The molecule has 1 aliphatic heterocycles. The lowest BCUT2D eigenvalue weighted by molar-refractivity contribution is -0.139. The van der Waals surface area contributed by atoms with Gasteiger partial charge in [0, 0.05) is 18.2 Å². The summed E-state index contributed by atoms with van der Waals surface area (Å²) in [6.45, 7) is 6.98. The number of halogens is 3. The number of alkyl halides is 3. The first-order valence-corrected chi connectivity index (χ1v) is 11.6. The van der Waals surface area contributed by atoms with E-state index < -0.39 is 17.7 Å². The van der Waals surface area contributed by atoms with Crippen molar-refractivity contribution in [1.82, 2.24) is 9.88 Å². The molecule has 1 saturated heterocycles. The lowest BCUT2D eigenvalue weighted by atomic mass is 9.83. The van der Waals surface area contributed by atoms with Crippen LogP contribution in [0.4, 0.5) is 13.2 Å². The van der Waals surface area contributed by atoms with Gasteiger partial charge in [0.1, 0.15) is 0 Å². The number of benzene rings is 1. The summed E-state index contributed by atoms with van der Waals surface area (Å²) in [4.78, 5) is 18.5. The van der Waals surface area contributed by atoms with Gasteiger partial charge in [-0.2, -0.15) is 13.2 Å². The van der Waals surface area contributed by atoms with Crippen LogP contribution in [0.1, 0.15) is 80.6 Å². The van der Waals surface area contributed by atoms with E-state index in [9.17, 15) is 23.1 Å². The molecule has 0 spiro atoms. The van der Waals surface area contributed by atoms with Crippen molar-refractivity contribution in [2.45, 2.75) is 71.1 Å². The predicted molar refractivity (Wildman–Crippen MR) is 122 cm³/mol. The molecular weight excluding hydrogens is 429 g/mol. The SMILES string of the molecule is Cc1cccc([C@@H](CCC(C)C)N2CC[C@@H](CC(=O)O)C[C@H]2c2ccc(C(F)(F)F)cc2)n1. The van der Waals surface area contributed by atoms with Crippen molar-refractivity contribution in [2.24, 2.45) is 11.8 Å². The Balaban J connectivity index is 1.98. The van der Waals surface area contributed by atoms with Crippen molar-refractivity contribution >= 4 is 5.97 Å². The van der Waals surface area contributed by atoms with Gasteiger partial charge >= 0.3 is 12.1 Å². The van der Waals surface area contributed by atoms with Crippen molar-refractivity contribution in [1.29, 1.82) is 0 Å². The number of carbonyl (C=O) groups is 1. The Morgan fingerprint density at radius 3 is 2.42 bits per heavy atom. The van der Waals surface area contributed by atoms with Crippen LogP contribution in [0.15, 0.2) is 42.5 Å². The number of aromatic nitrogens is 1. The summed E-state index contributed by atoms with van der Waals surface area (Å²) in [5.74, 6) is -0.343. The molecule has 1 fully saturated rings. The van der Waals surface area contributed by atoms with Gasteiger partial charge in [0.25, 0.3) is 0 Å². The van der Waals surface area contributed by atoms with Crippen LogP contribution in [0.2, 0.25) is 0 Å². The van der Waals surface area contributed by atoms with Crippen molar-refractivity contribution in [3.63, 3.8) is 0 Å². The number of carboxylic acids is 1. The van der Waals surface area contributed by atoms with Gasteiger partial charge in [0.05, 0.1) is 17.3 Å². The molecule has 0 unspecified atom stereocenters. The maximum Gasteiger partial charge on any atom is 0.416 e. The minimum atomic E-state index is -4.39. The first-order chi connectivity index (χ1) is 15.5. The van der Waals surface area contributed by atoms with E-state index in [0.717, 1.165) is 48.3 Å². The summed E-state index contributed by atoms with van der Waals surface area (Å²) in [6.07, 6.45) is -1.09. The van der Waals surface area contributed by atoms with Crippen LogP contribution in [0.3, 0.4) is 0 Å². The molecular formula is C26H33F3N2O2. The second-order valence-electron chi connectivity index (χ2n) is 9.55. The fourth-order valence-corrected chi connectivity index (χ4v) is 4.81. The third-order valence-corrected chi connectivity index (χ3v) is 6.51. The van der Waals surface area contributed by atoms with Crippen molar-refractivity contribution in [3.8, 4) is 0 Å². The summed E-state index contributed by atoms with van der Waals surface area (Å²) in [7, 11) is 0. The van der Waals surface area contributed by atoms with E-state index in [1.165, 1.54) is 0 Å². The number of likely N-dealkylation sites (tertiary alicyclic amines) is 1. The second kappa shape index (κ2) is 10.7. The van der Waals surface area contributed by atoms with E-state index >= 15 is 0 Å². The Bertz CT molecular complexity index is 928. The molecule has 0 bridgehead atoms. The molecule has 4 nitrogen and oxygen atoms in total. The van der Waals surface area contributed by atoms with Gasteiger partial charge in [-0.25, -0.2) is 0 Å². The highest BCUT2D eigenvalue weighted by Crippen LogP contribution is 2.43. The molecule has 7 heteroatoms. The van der Waals surface area contributed by atoms with Crippen LogP contribution in [0, 0.1) is 18.8 Å². The van der Waals surface area contributed by atoms with E-state index in [1.807, 2.05) is 25.1 Å². The molecule has 0 aliphatic carbocycles. The average molecular weight is 463 g/mol. The number of hydrogen-bond acceptors (Lipinski definition) is 3. The highest BCUT2D eigenvalue weighted by atomic mass is 19.4. The number of carboxylic acid groups (broad SMARTS) is 1. The number of nitrogens with zero attached hydrogens (tertiary/aromatic N) is 2. The number of aryl methyl sites for hydroxylation is 1. The van der Waals surface area contributed by atoms with Crippen LogP contribution in [0.5, 0.6) is 0 Å². The zero-order valence-corrected chi connectivity index (χ0v) is 19.5. The Kier molecular flexibility index (Phi) is 8.16. The fraction of sp³-hybridized carbons (Fsp3) is 0.538. The molecule has 1 aliphatic rings. The highest BCUT2D eigenvalue weighted by molar-refractivity contribution is 5.67. The molecule has 0 amide bonds. The van der Waals surface area contributed by atoms with Gasteiger partial charge < -0.3 is 5.11 Å². The van der Waals surface area contributed by atoms with Crippen LogP contribution in [-0.4, -0.2) is 27.5 Å². The number of aliphatic carboxylic acids is 1. The smallest absolute Gasteiger partial charge is 0.416 e. The highest BCUT2D eigenvalue weighted by Gasteiger charge is 2.36. The molecule has 1 aromatic heterocycles. The number of piperidine rings is 1. The summed E-state index contributed by atoms with van der Waals surface area (Å²) in [6, 6.07) is 11.2. The topological polar surface area (TPSA) is 53.4 Å². The molecule has 1 N–H and O–H groups in total. The van der Waals surface area contributed by atoms with Crippen LogP contribution < -0.4 is 0 Å². The van der Waals surface area contributed by atoms with E-state index in [2.05, 4.69) is 18.7 Å². The second-order valence-corrected chi connectivity index (χ2v) is 9.55. The minimum absolute atomic E-state index is 0.0118. The monoisotopic (exact) mass is 462 g/mol. The number of hydrogen-bond donors (Lipinski definition) is 1. The zero-order chi connectivity index (χ0) is 24.2. The van der Waals surface area contributed by atoms with Gasteiger partial charge in [0.2, 0.25) is 0 Å². The number of rotatable bonds is 8. The summed E-state index contributed by atoms with van der Waals surface area (Å²) >= 11 is 0. The maximum atomic E-state index is 13.1. The minimum Gasteiger partial charge on any atom is -0.481 e. The van der Waals surface area contributed by atoms with Gasteiger partial charge in [-0.05, 0) is 80.8 Å². The summed E-state index contributed by atoms with van der Waals surface area (Å²) in [5.41, 5.74) is 2.01. The Morgan fingerprint density at radius 1 is 1.15 bits per heavy atom. The molecule has 3 atom stereocenters. The standard InChI is InChI=1S/C26H33F3N2O2/c1-17(2)7-12-23(22-6-4-5-18(3)30-22)31-14-13-19(16-25(32)33)15-24(31)20-8-10-21(11-9-20)26(27,28)29/h4-6,8-11,17,19,23-24H,7,12-16H2,1-3H3,(H,32,33)/t19-,23-,24+/m1/s1. The van der Waals surface area contributed by atoms with Gasteiger partial charge in [-0.15, -0.1) is 0 Å². The van der Waals surface area contributed by atoms with E-state index in [-0.39, 0.29) is 24.4 Å². The fourth-order valence-electron chi connectivity index (χ4n) is 4.81. The summed E-state index contributed by atoms with van der Waals surface area (Å²) < 4.78 is 39.4. The normalized spacial score (nSPS) is 20.7. The third kappa shape index (κ3) is 6.79. The Hall–Kier alpha value is -2.41. The third-order valence-electron chi connectivity index (χ3n) is 6.51. The van der Waals surface area contributed by atoms with Gasteiger partial charge in [-0.1, -0.05) is 32.0 Å². The largest absolute Gasteiger partial charge is 0.481 e. The first-order valence-electron chi connectivity index (χ1n) is 11.6. The molecule has 180 valence electrons. The Morgan fingerprint density at radius 2 is 1.85 bits per heavy atom. The molecule has 0 radical (unpaired) electrons. The Labute approximate surface area is 193 Å². The molecule has 2 aromatic rings. The average Bonchev–Trinajstić information content (AvgIpc) is 2.73. The van der Waals surface area contributed by atoms with Crippen LogP contribution >= 0.6 is 0 Å². The van der Waals surface area contributed by atoms with E-state index in [1.54, 1.807) is 12.1 Å². The predicted octanol–water partition coefficient (Wildman–Crippen LogP) is 6.81. The van der Waals surface area contributed by atoms with Gasteiger partial charge in [-0.3, -0.25) is 14.7 Å². The van der Waals surface area contributed by atoms with E-state index in [0.29, 0.717) is 18.9 Å². The van der Waals surface area contributed by atoms with Crippen molar-refractivity contribution in [3.05, 3.63) is 65.0 Å². The lowest BCUT2D eigenvalue weighted by Crippen LogP contribution is -2.40. The zero-order valence-electron chi connectivity index (χ0n) is 19.5. The van der Waals surface area contributed by atoms with E-state index in [4.69, 9.17) is 4.98 Å². The first kappa shape index (κ1) is 25.2. The quantitative estimate of drug-likeness (QED) is 0.468.